The van der Waals surface area contributed by atoms with Gasteiger partial charge in [0.2, 0.25) is 5.91 Å². The summed E-state index contributed by atoms with van der Waals surface area (Å²) in [6.07, 6.45) is 6.70. The molecule has 4 aliphatic carbocycles. The highest BCUT2D eigenvalue weighted by molar-refractivity contribution is 5.85. The van der Waals surface area contributed by atoms with Gasteiger partial charge in [0.15, 0.2) is 11.8 Å². The summed E-state index contributed by atoms with van der Waals surface area (Å²) in [4.78, 5) is 31.7. The van der Waals surface area contributed by atoms with E-state index >= 15 is 0 Å². The van der Waals surface area contributed by atoms with Crippen molar-refractivity contribution in [3.63, 3.8) is 0 Å². The molecule has 0 spiro atoms. The first-order valence-corrected chi connectivity index (χ1v) is 17.2. The molecule has 0 aromatic heterocycles. The van der Waals surface area contributed by atoms with Crippen LogP contribution < -0.4 is 14.8 Å². The molecule has 5 aliphatic rings. The monoisotopic (exact) mass is 643 g/mol. The van der Waals surface area contributed by atoms with Crippen LogP contribution in [0.5, 0.6) is 11.5 Å². The third kappa shape index (κ3) is 7.76. The maximum atomic E-state index is 13.3. The molecule has 7 rings (SSSR count). The Bertz CT molecular complexity index is 1430. The van der Waals surface area contributed by atoms with Crippen molar-refractivity contribution in [3.8, 4) is 11.5 Å². The van der Waals surface area contributed by atoms with Gasteiger partial charge in [0, 0.05) is 30.5 Å². The fraction of sp³-hybridized carbons (Fsp3) is 0.605. The van der Waals surface area contributed by atoms with Crippen LogP contribution in [0.2, 0.25) is 0 Å². The van der Waals surface area contributed by atoms with E-state index in [1.165, 1.54) is 19.3 Å². The number of amides is 2. The van der Waals surface area contributed by atoms with E-state index in [9.17, 15) is 9.59 Å². The number of benzene rings is 2. The van der Waals surface area contributed by atoms with Crippen LogP contribution in [0.4, 0.5) is 5.69 Å². The average molecular weight is 644 g/mol. The molecule has 1 aliphatic heterocycles. The fourth-order valence-corrected chi connectivity index (χ4v) is 8.72. The third-order valence-electron chi connectivity index (χ3n) is 10.6. The number of likely N-dealkylation sites (tertiary alicyclic amines) is 1. The molecule has 4 bridgehead atoms. The number of carbonyl (C=O) groups is 2. The van der Waals surface area contributed by atoms with Crippen molar-refractivity contribution in [2.75, 3.05) is 46.1 Å². The lowest BCUT2D eigenvalue weighted by Crippen LogP contribution is -2.53. The second-order valence-corrected chi connectivity index (χ2v) is 14.9. The zero-order valence-electron chi connectivity index (χ0n) is 28.1. The van der Waals surface area contributed by atoms with Gasteiger partial charge in [0.1, 0.15) is 18.1 Å². The van der Waals surface area contributed by atoms with Crippen molar-refractivity contribution in [1.29, 1.82) is 0 Å². The van der Waals surface area contributed by atoms with Crippen molar-refractivity contribution in [2.45, 2.75) is 71.9 Å². The molecule has 1 heterocycles. The van der Waals surface area contributed by atoms with Crippen molar-refractivity contribution in [2.24, 2.45) is 28.6 Å². The number of nitrogens with zero attached hydrogens (tertiary/aromatic N) is 2. The summed E-state index contributed by atoms with van der Waals surface area (Å²) in [6, 6.07) is 13.1. The van der Waals surface area contributed by atoms with Crippen molar-refractivity contribution in [1.82, 2.24) is 10.2 Å². The van der Waals surface area contributed by atoms with E-state index < -0.39 is 6.10 Å². The van der Waals surface area contributed by atoms with Gasteiger partial charge in [-0.1, -0.05) is 32.0 Å². The molecule has 252 valence electrons. The predicted octanol–water partition coefficient (Wildman–Crippen LogP) is 6.11. The smallest absolute Gasteiger partial charge is 0.264 e. The van der Waals surface area contributed by atoms with Gasteiger partial charge in [0.05, 0.1) is 33.0 Å². The quantitative estimate of drug-likeness (QED) is 0.186. The normalized spacial score (nSPS) is 27.1. The Kier molecular flexibility index (Phi) is 10.1. The Balaban J connectivity index is 0.835. The van der Waals surface area contributed by atoms with E-state index in [0.29, 0.717) is 64.1 Å². The molecule has 2 aromatic carbocycles. The van der Waals surface area contributed by atoms with Crippen LogP contribution in [0.15, 0.2) is 42.5 Å². The maximum Gasteiger partial charge on any atom is 0.264 e. The van der Waals surface area contributed by atoms with Crippen LogP contribution >= 0.6 is 0 Å². The first kappa shape index (κ1) is 33.3. The Morgan fingerprint density at radius 2 is 1.53 bits per heavy atom. The van der Waals surface area contributed by atoms with Gasteiger partial charge in [-0.25, -0.2) is 4.85 Å². The second-order valence-electron chi connectivity index (χ2n) is 14.9. The molecular weight excluding hydrogens is 594 g/mol. The molecule has 1 N–H and O–H groups in total. The summed E-state index contributed by atoms with van der Waals surface area (Å²) in [5.41, 5.74) is 1.97. The zero-order valence-corrected chi connectivity index (χ0v) is 28.1. The van der Waals surface area contributed by atoms with Gasteiger partial charge in [-0.2, -0.15) is 0 Å². The van der Waals surface area contributed by atoms with E-state index in [-0.39, 0.29) is 22.6 Å². The minimum absolute atomic E-state index is 0.0364. The summed E-state index contributed by atoms with van der Waals surface area (Å²) in [5, 5.41) is 3.16. The Labute approximate surface area is 279 Å². The topological polar surface area (TPSA) is 90.7 Å². The van der Waals surface area contributed by atoms with Crippen LogP contribution in [-0.4, -0.2) is 68.9 Å². The summed E-state index contributed by atoms with van der Waals surface area (Å²) in [7, 11) is 0. The molecular formula is C38H49N3O6. The predicted molar refractivity (Wildman–Crippen MR) is 178 cm³/mol. The number of nitrogens with one attached hydrogen (secondary N) is 1. The molecule has 1 saturated heterocycles. The van der Waals surface area contributed by atoms with Crippen LogP contribution in [-0.2, 0) is 25.6 Å². The fourth-order valence-electron chi connectivity index (χ4n) is 8.72. The van der Waals surface area contributed by atoms with E-state index in [1.54, 1.807) is 12.1 Å². The number of carbonyl (C=O) groups excluding carboxylic acids is 2. The van der Waals surface area contributed by atoms with Gasteiger partial charge in [-0.15, -0.1) is 0 Å². The van der Waals surface area contributed by atoms with Crippen LogP contribution in [0.25, 0.3) is 4.85 Å². The lowest BCUT2D eigenvalue weighted by atomic mass is 9.49. The number of rotatable bonds is 15. The molecule has 5 fully saturated rings. The van der Waals surface area contributed by atoms with Crippen LogP contribution in [0.3, 0.4) is 0 Å². The van der Waals surface area contributed by atoms with Crippen LogP contribution in [0.1, 0.15) is 63.5 Å². The first-order chi connectivity index (χ1) is 22.6. The Morgan fingerprint density at radius 3 is 2.17 bits per heavy atom. The molecule has 9 heteroatoms. The standard InChI is InChI=1S/C38H49N3O6/c1-26-17-32(9-10-33(26)39-4)47-34-35(42)41(25-37(34,2)3)24-27-5-7-31(8-6-27)46-16-15-45-14-13-44-12-11-40-36(43)38-21-28-18-29(22-38)20-30(19-28)23-38/h5-10,17,28-30,34H,11-16,18-25H2,1-3H3,(H,40,43)/t28?,29?,30?,34-,38?/m0/s1. The van der Waals surface area contributed by atoms with Gasteiger partial charge in [0.25, 0.3) is 5.91 Å². The van der Waals surface area contributed by atoms with Gasteiger partial charge >= 0.3 is 0 Å². The summed E-state index contributed by atoms with van der Waals surface area (Å²) in [6.45, 7) is 17.2. The minimum atomic E-state index is -0.592. The Hall–Kier alpha value is -3.61. The molecule has 0 radical (unpaired) electrons. The maximum absolute atomic E-state index is 13.3. The molecule has 47 heavy (non-hydrogen) atoms. The van der Waals surface area contributed by atoms with E-state index in [2.05, 4.69) is 10.2 Å². The minimum Gasteiger partial charge on any atom is -0.491 e. The highest BCUT2D eigenvalue weighted by atomic mass is 16.5. The number of hydrogen-bond donors (Lipinski definition) is 1. The largest absolute Gasteiger partial charge is 0.491 e. The molecule has 2 amide bonds. The van der Waals surface area contributed by atoms with E-state index in [1.807, 2.05) is 56.0 Å². The Morgan fingerprint density at radius 1 is 0.915 bits per heavy atom. The lowest BCUT2D eigenvalue weighted by Gasteiger charge is -2.55. The molecule has 0 unspecified atom stereocenters. The van der Waals surface area contributed by atoms with Crippen molar-refractivity contribution in [3.05, 3.63) is 65.0 Å². The van der Waals surface area contributed by atoms with Crippen molar-refractivity contribution < 1.29 is 28.5 Å². The third-order valence-corrected chi connectivity index (χ3v) is 10.6. The van der Waals surface area contributed by atoms with E-state index in [0.717, 1.165) is 53.9 Å². The number of aryl methyl sites for hydroxylation is 1. The molecule has 1 atom stereocenters. The van der Waals surface area contributed by atoms with Crippen LogP contribution in [0, 0.1) is 42.1 Å². The summed E-state index contributed by atoms with van der Waals surface area (Å²) < 4.78 is 23.3. The van der Waals surface area contributed by atoms with Gasteiger partial charge in [-0.05, 0) is 98.6 Å². The average Bonchev–Trinajstić information content (AvgIpc) is 3.24. The van der Waals surface area contributed by atoms with Crippen molar-refractivity contribution >= 4 is 17.5 Å². The SMILES string of the molecule is [C-]#[N+]c1ccc(O[C@H]2C(=O)N(Cc3ccc(OCCOCCOCCNC(=O)C45CC6CC(CC(C6)C4)C5)cc3)CC2(C)C)cc1C. The molecule has 2 aromatic rings. The van der Waals surface area contributed by atoms with Gasteiger partial charge < -0.3 is 29.2 Å². The molecule has 9 nitrogen and oxygen atoms in total. The number of hydrogen-bond acceptors (Lipinski definition) is 6. The number of ether oxygens (including phenoxy) is 4. The highest BCUT2D eigenvalue weighted by Crippen LogP contribution is 2.60. The first-order valence-electron chi connectivity index (χ1n) is 17.2. The van der Waals surface area contributed by atoms with Gasteiger partial charge in [-0.3, -0.25) is 9.59 Å². The summed E-state index contributed by atoms with van der Waals surface area (Å²) in [5.74, 6) is 3.88. The lowest BCUT2D eigenvalue weighted by molar-refractivity contribution is -0.146. The second kappa shape index (κ2) is 14.2. The van der Waals surface area contributed by atoms with E-state index in [4.69, 9.17) is 25.5 Å². The molecule has 4 saturated carbocycles. The highest BCUT2D eigenvalue weighted by Gasteiger charge is 2.54. The summed E-state index contributed by atoms with van der Waals surface area (Å²) >= 11 is 0. The zero-order chi connectivity index (χ0) is 33.0.